The summed E-state index contributed by atoms with van der Waals surface area (Å²) in [5, 5.41) is 1.89. The van der Waals surface area contributed by atoms with Crippen LogP contribution in [0.4, 0.5) is 0 Å². The molecule has 1 aromatic rings. The summed E-state index contributed by atoms with van der Waals surface area (Å²) in [6.07, 6.45) is 0. The van der Waals surface area contributed by atoms with Gasteiger partial charge in [0.25, 0.3) is 0 Å². The average Bonchev–Trinajstić information content (AvgIpc) is 2.71. The molecule has 0 aliphatic heterocycles. The van der Waals surface area contributed by atoms with Crippen LogP contribution in [0.2, 0.25) is 0 Å². The highest BCUT2D eigenvalue weighted by Crippen LogP contribution is 2.23. The van der Waals surface area contributed by atoms with Crippen molar-refractivity contribution in [3.8, 4) is 0 Å². The maximum atomic E-state index is 11.2. The number of methoxy groups -OCH3 is 1. The minimum atomic E-state index is -0.823. The molecule has 14 heavy (non-hydrogen) atoms. The number of nitrogens with two attached hydrogens (primary N) is 1. The van der Waals surface area contributed by atoms with Crippen molar-refractivity contribution in [3.05, 3.63) is 27.9 Å². The second-order valence-electron chi connectivity index (χ2n) is 2.54. The molecule has 0 aliphatic rings. The SMILES string of the molecule is COC(=O)C(N)/C(=C\Cl)c1cccs1. The maximum absolute atomic E-state index is 11.2. The van der Waals surface area contributed by atoms with E-state index < -0.39 is 12.0 Å². The van der Waals surface area contributed by atoms with Gasteiger partial charge in [-0.15, -0.1) is 11.3 Å². The Morgan fingerprint density at radius 1 is 1.79 bits per heavy atom. The van der Waals surface area contributed by atoms with E-state index in [-0.39, 0.29) is 0 Å². The topological polar surface area (TPSA) is 52.3 Å². The van der Waals surface area contributed by atoms with E-state index in [1.807, 2.05) is 17.5 Å². The molecule has 1 atom stereocenters. The second-order valence-corrected chi connectivity index (χ2v) is 3.71. The first-order chi connectivity index (χ1) is 6.70. The summed E-state index contributed by atoms with van der Waals surface area (Å²) in [5.74, 6) is -0.495. The summed E-state index contributed by atoms with van der Waals surface area (Å²) < 4.78 is 4.53. The molecular formula is C9H10ClNO2S. The molecule has 0 radical (unpaired) electrons. The quantitative estimate of drug-likeness (QED) is 0.808. The lowest BCUT2D eigenvalue weighted by Gasteiger charge is -2.10. The second kappa shape index (κ2) is 5.14. The van der Waals surface area contributed by atoms with Crippen molar-refractivity contribution >= 4 is 34.5 Å². The van der Waals surface area contributed by atoms with Gasteiger partial charge < -0.3 is 10.5 Å². The van der Waals surface area contributed by atoms with E-state index in [9.17, 15) is 4.79 Å². The first-order valence-electron chi connectivity index (χ1n) is 3.88. The molecular weight excluding hydrogens is 222 g/mol. The Labute approximate surface area is 91.1 Å². The number of carbonyl (C=O) groups is 1. The molecule has 0 saturated heterocycles. The zero-order chi connectivity index (χ0) is 10.6. The van der Waals surface area contributed by atoms with Crippen LogP contribution < -0.4 is 5.73 Å². The minimum Gasteiger partial charge on any atom is -0.468 e. The normalized spacial score (nSPS) is 13.8. The van der Waals surface area contributed by atoms with E-state index in [2.05, 4.69) is 4.74 Å². The summed E-state index contributed by atoms with van der Waals surface area (Å²) >= 11 is 7.08. The number of esters is 1. The van der Waals surface area contributed by atoms with E-state index >= 15 is 0 Å². The zero-order valence-electron chi connectivity index (χ0n) is 7.57. The van der Waals surface area contributed by atoms with Crippen LogP contribution in [0.25, 0.3) is 5.57 Å². The lowest BCUT2D eigenvalue weighted by molar-refractivity contribution is -0.140. The number of thiophene rings is 1. The summed E-state index contributed by atoms with van der Waals surface area (Å²) in [6, 6.07) is 2.89. The van der Waals surface area contributed by atoms with Gasteiger partial charge in [-0.3, -0.25) is 4.79 Å². The van der Waals surface area contributed by atoms with Gasteiger partial charge in [-0.2, -0.15) is 0 Å². The van der Waals surface area contributed by atoms with Crippen LogP contribution in [-0.2, 0) is 9.53 Å². The number of carbonyl (C=O) groups excluding carboxylic acids is 1. The fraction of sp³-hybridized carbons (Fsp3) is 0.222. The fourth-order valence-electron chi connectivity index (χ4n) is 0.972. The largest absolute Gasteiger partial charge is 0.468 e. The van der Waals surface area contributed by atoms with Crippen LogP contribution in [0.1, 0.15) is 4.88 Å². The van der Waals surface area contributed by atoms with Gasteiger partial charge in [0.2, 0.25) is 0 Å². The highest BCUT2D eigenvalue weighted by molar-refractivity contribution is 7.11. The first-order valence-corrected chi connectivity index (χ1v) is 5.20. The van der Waals surface area contributed by atoms with Crippen LogP contribution in [0, 0.1) is 0 Å². The van der Waals surface area contributed by atoms with Gasteiger partial charge in [0.05, 0.1) is 7.11 Å². The van der Waals surface area contributed by atoms with Crippen LogP contribution in [0.5, 0.6) is 0 Å². The summed E-state index contributed by atoms with van der Waals surface area (Å²) in [5.41, 5.74) is 7.54. The third-order valence-electron chi connectivity index (χ3n) is 1.71. The molecule has 1 heterocycles. The molecule has 0 bridgehead atoms. The van der Waals surface area contributed by atoms with Gasteiger partial charge in [0, 0.05) is 16.0 Å². The smallest absolute Gasteiger partial charge is 0.327 e. The molecule has 1 aromatic heterocycles. The third kappa shape index (κ3) is 2.35. The van der Waals surface area contributed by atoms with E-state index in [1.54, 1.807) is 0 Å². The van der Waals surface area contributed by atoms with Crippen molar-refractivity contribution < 1.29 is 9.53 Å². The number of ether oxygens (including phenoxy) is 1. The average molecular weight is 232 g/mol. The van der Waals surface area contributed by atoms with Crippen LogP contribution in [-0.4, -0.2) is 19.1 Å². The van der Waals surface area contributed by atoms with Crippen LogP contribution in [0.3, 0.4) is 0 Å². The molecule has 2 N–H and O–H groups in total. The maximum Gasteiger partial charge on any atom is 0.327 e. The molecule has 76 valence electrons. The molecule has 0 fully saturated rings. The van der Waals surface area contributed by atoms with E-state index in [1.165, 1.54) is 24.0 Å². The van der Waals surface area contributed by atoms with Crippen molar-refractivity contribution in [1.82, 2.24) is 0 Å². The van der Waals surface area contributed by atoms with Crippen LogP contribution >= 0.6 is 22.9 Å². The first kappa shape index (κ1) is 11.2. The molecule has 1 rings (SSSR count). The van der Waals surface area contributed by atoms with E-state index in [0.29, 0.717) is 5.57 Å². The Hall–Kier alpha value is -0.840. The highest BCUT2D eigenvalue weighted by Gasteiger charge is 2.20. The molecule has 5 heteroatoms. The van der Waals surface area contributed by atoms with Crippen molar-refractivity contribution in [3.63, 3.8) is 0 Å². The molecule has 1 unspecified atom stereocenters. The lowest BCUT2D eigenvalue weighted by atomic mass is 10.1. The molecule has 3 nitrogen and oxygen atoms in total. The Morgan fingerprint density at radius 3 is 2.93 bits per heavy atom. The summed E-state index contributed by atoms with van der Waals surface area (Å²) in [7, 11) is 1.29. The third-order valence-corrected chi connectivity index (χ3v) is 2.87. The monoisotopic (exact) mass is 231 g/mol. The Balaban J connectivity index is 2.89. The van der Waals surface area contributed by atoms with Gasteiger partial charge >= 0.3 is 5.97 Å². The van der Waals surface area contributed by atoms with Crippen LogP contribution in [0.15, 0.2) is 23.0 Å². The van der Waals surface area contributed by atoms with E-state index in [4.69, 9.17) is 17.3 Å². The number of hydrogen-bond acceptors (Lipinski definition) is 4. The zero-order valence-corrected chi connectivity index (χ0v) is 9.14. The fourth-order valence-corrected chi connectivity index (χ4v) is 2.07. The standard InChI is InChI=1S/C9H10ClNO2S/c1-13-9(12)8(11)6(5-10)7-3-2-4-14-7/h2-5,8H,11H2,1H3/b6-5-. The van der Waals surface area contributed by atoms with Crippen molar-refractivity contribution in [2.24, 2.45) is 5.73 Å². The molecule has 0 saturated carbocycles. The summed E-state index contributed by atoms with van der Waals surface area (Å²) in [4.78, 5) is 12.0. The van der Waals surface area contributed by atoms with Crippen molar-refractivity contribution in [1.29, 1.82) is 0 Å². The van der Waals surface area contributed by atoms with Crippen molar-refractivity contribution in [2.75, 3.05) is 7.11 Å². The number of hydrogen-bond donors (Lipinski definition) is 1. The Morgan fingerprint density at radius 2 is 2.50 bits per heavy atom. The highest BCUT2D eigenvalue weighted by atomic mass is 35.5. The molecule has 0 spiro atoms. The minimum absolute atomic E-state index is 0.495. The van der Waals surface area contributed by atoms with Gasteiger partial charge in [0.1, 0.15) is 6.04 Å². The van der Waals surface area contributed by atoms with Gasteiger partial charge in [-0.05, 0) is 11.4 Å². The van der Waals surface area contributed by atoms with Crippen molar-refractivity contribution in [2.45, 2.75) is 6.04 Å². The van der Waals surface area contributed by atoms with Gasteiger partial charge in [-0.1, -0.05) is 17.7 Å². The number of rotatable bonds is 3. The lowest BCUT2D eigenvalue weighted by Crippen LogP contribution is -2.32. The van der Waals surface area contributed by atoms with Gasteiger partial charge in [0.15, 0.2) is 0 Å². The predicted molar refractivity (Wildman–Crippen MR) is 58.1 cm³/mol. The van der Waals surface area contributed by atoms with E-state index in [0.717, 1.165) is 4.88 Å². The van der Waals surface area contributed by atoms with Gasteiger partial charge in [-0.25, -0.2) is 0 Å². The Bertz CT molecular complexity index is 335. The molecule has 0 amide bonds. The molecule has 0 aliphatic carbocycles. The predicted octanol–water partition coefficient (Wildman–Crippen LogP) is 1.83. The number of halogens is 1. The molecule has 0 aromatic carbocycles. The summed E-state index contributed by atoms with van der Waals surface area (Å²) in [6.45, 7) is 0. The Kier molecular flexibility index (Phi) is 4.13.